The SMILES string of the molecule is CCCCCC(O[N+](=O)[O-])O[N+](=O)[O-]. The van der Waals surface area contributed by atoms with Crippen LogP contribution >= 0.6 is 0 Å². The molecule has 0 aromatic rings. The van der Waals surface area contributed by atoms with Gasteiger partial charge in [0.2, 0.25) is 0 Å². The number of hydrogen-bond acceptors (Lipinski definition) is 6. The van der Waals surface area contributed by atoms with E-state index in [9.17, 15) is 20.2 Å². The summed E-state index contributed by atoms with van der Waals surface area (Å²) in [5.41, 5.74) is 0. The molecule has 0 saturated carbocycles. The Kier molecular flexibility index (Phi) is 6.08. The first-order valence-electron chi connectivity index (χ1n) is 4.18. The summed E-state index contributed by atoms with van der Waals surface area (Å²) in [4.78, 5) is 27.7. The second kappa shape index (κ2) is 6.87. The predicted molar refractivity (Wildman–Crippen MR) is 44.1 cm³/mol. The summed E-state index contributed by atoms with van der Waals surface area (Å²) < 4.78 is 0. The Morgan fingerprint density at radius 2 is 1.64 bits per heavy atom. The zero-order valence-corrected chi connectivity index (χ0v) is 7.75. The smallest absolute Gasteiger partial charge is 0.283 e. The van der Waals surface area contributed by atoms with Crippen molar-refractivity contribution in [3.05, 3.63) is 20.2 Å². The summed E-state index contributed by atoms with van der Waals surface area (Å²) >= 11 is 0. The molecule has 0 atom stereocenters. The van der Waals surface area contributed by atoms with E-state index in [0.717, 1.165) is 12.8 Å². The number of unbranched alkanes of at least 4 members (excludes halogenated alkanes) is 2. The van der Waals surface area contributed by atoms with Gasteiger partial charge in [0.15, 0.2) is 0 Å². The average molecular weight is 208 g/mol. The third-order valence-electron chi connectivity index (χ3n) is 1.45. The van der Waals surface area contributed by atoms with Crippen molar-refractivity contribution >= 4 is 0 Å². The van der Waals surface area contributed by atoms with Crippen molar-refractivity contribution < 1.29 is 19.8 Å². The van der Waals surface area contributed by atoms with Crippen LogP contribution in [0.4, 0.5) is 0 Å². The van der Waals surface area contributed by atoms with Crippen LogP contribution in [0.15, 0.2) is 0 Å². The van der Waals surface area contributed by atoms with Crippen LogP contribution in [0.1, 0.15) is 32.6 Å². The minimum atomic E-state index is -1.41. The maximum atomic E-state index is 9.90. The molecular formula is C6H12N2O6. The topological polar surface area (TPSA) is 105 Å². The van der Waals surface area contributed by atoms with Crippen molar-refractivity contribution in [2.45, 2.75) is 38.9 Å². The summed E-state index contributed by atoms with van der Waals surface area (Å²) in [6.45, 7) is 1.94. The number of nitrogens with zero attached hydrogens (tertiary/aromatic N) is 2. The lowest BCUT2D eigenvalue weighted by molar-refractivity contribution is -0.851. The summed E-state index contributed by atoms with van der Waals surface area (Å²) in [7, 11) is 0. The lowest BCUT2D eigenvalue weighted by Crippen LogP contribution is -2.23. The monoisotopic (exact) mass is 208 g/mol. The van der Waals surface area contributed by atoms with Crippen LogP contribution in [0.3, 0.4) is 0 Å². The molecule has 0 spiro atoms. The molecule has 0 saturated heterocycles. The highest BCUT2D eigenvalue weighted by Gasteiger charge is 2.16. The van der Waals surface area contributed by atoms with Crippen LogP contribution in [-0.2, 0) is 9.68 Å². The van der Waals surface area contributed by atoms with Crippen molar-refractivity contribution in [1.82, 2.24) is 0 Å². The van der Waals surface area contributed by atoms with E-state index in [-0.39, 0.29) is 6.42 Å². The lowest BCUT2D eigenvalue weighted by atomic mass is 10.2. The number of rotatable bonds is 8. The van der Waals surface area contributed by atoms with Crippen molar-refractivity contribution in [3.8, 4) is 0 Å². The fraction of sp³-hybridized carbons (Fsp3) is 1.00. The normalized spacial score (nSPS) is 9.86. The van der Waals surface area contributed by atoms with Crippen molar-refractivity contribution in [1.29, 1.82) is 0 Å². The minimum absolute atomic E-state index is 0.135. The van der Waals surface area contributed by atoms with Crippen molar-refractivity contribution in [3.63, 3.8) is 0 Å². The zero-order chi connectivity index (χ0) is 11.0. The van der Waals surface area contributed by atoms with Gasteiger partial charge in [-0.1, -0.05) is 19.8 Å². The fourth-order valence-corrected chi connectivity index (χ4v) is 0.878. The standard InChI is InChI=1S/C6H12N2O6/c1-2-3-4-5-6(13-7(9)10)14-8(11)12/h6H,2-5H2,1H3. The molecule has 0 aliphatic rings. The molecule has 82 valence electrons. The molecule has 0 amide bonds. The van der Waals surface area contributed by atoms with Gasteiger partial charge in [-0.2, -0.15) is 0 Å². The summed E-state index contributed by atoms with van der Waals surface area (Å²) in [6, 6.07) is 0. The molecule has 0 aliphatic heterocycles. The lowest BCUT2D eigenvalue weighted by Gasteiger charge is -2.11. The third-order valence-corrected chi connectivity index (χ3v) is 1.45. The van der Waals surface area contributed by atoms with Gasteiger partial charge in [-0.3, -0.25) is 9.68 Å². The third kappa shape index (κ3) is 7.07. The molecule has 0 heterocycles. The molecule has 0 bridgehead atoms. The molecule has 14 heavy (non-hydrogen) atoms. The van der Waals surface area contributed by atoms with Gasteiger partial charge in [0.25, 0.3) is 16.5 Å². The van der Waals surface area contributed by atoms with Gasteiger partial charge in [0.1, 0.15) is 0 Å². The van der Waals surface area contributed by atoms with E-state index in [2.05, 4.69) is 9.68 Å². The Hall–Kier alpha value is -1.60. The Morgan fingerprint density at radius 1 is 1.14 bits per heavy atom. The van der Waals surface area contributed by atoms with Crippen LogP contribution in [0, 0.1) is 20.2 Å². The highest BCUT2D eigenvalue weighted by molar-refractivity contribution is 4.42. The highest BCUT2D eigenvalue weighted by Crippen LogP contribution is 2.08. The molecule has 8 heteroatoms. The molecule has 0 aromatic carbocycles. The highest BCUT2D eigenvalue weighted by atomic mass is 17.0. The Labute approximate surface area is 80.0 Å². The molecule has 0 N–H and O–H groups in total. The van der Waals surface area contributed by atoms with Crippen LogP contribution < -0.4 is 0 Å². The van der Waals surface area contributed by atoms with Gasteiger partial charge < -0.3 is 0 Å². The van der Waals surface area contributed by atoms with Crippen molar-refractivity contribution in [2.24, 2.45) is 0 Å². The van der Waals surface area contributed by atoms with Gasteiger partial charge in [0, 0.05) is 0 Å². The van der Waals surface area contributed by atoms with Gasteiger partial charge in [-0.25, -0.2) is 0 Å². The second-order valence-corrected chi connectivity index (χ2v) is 2.58. The largest absolute Gasteiger partial charge is 0.296 e. The van der Waals surface area contributed by atoms with E-state index in [1.54, 1.807) is 0 Å². The molecule has 0 aliphatic carbocycles. The molecular weight excluding hydrogens is 196 g/mol. The van der Waals surface area contributed by atoms with E-state index in [1.165, 1.54) is 0 Å². The van der Waals surface area contributed by atoms with Gasteiger partial charge >= 0.3 is 0 Å². The molecule has 0 rings (SSSR count). The van der Waals surface area contributed by atoms with E-state index in [4.69, 9.17) is 0 Å². The van der Waals surface area contributed by atoms with E-state index >= 15 is 0 Å². The zero-order valence-electron chi connectivity index (χ0n) is 7.75. The average Bonchev–Trinajstić information content (AvgIpc) is 2.02. The molecule has 0 aromatic heterocycles. The van der Waals surface area contributed by atoms with Gasteiger partial charge in [0.05, 0.1) is 0 Å². The molecule has 0 radical (unpaired) electrons. The van der Waals surface area contributed by atoms with E-state index in [1.807, 2.05) is 6.92 Å². The first-order chi connectivity index (χ1) is 6.56. The van der Waals surface area contributed by atoms with Crippen LogP contribution in [0.5, 0.6) is 0 Å². The predicted octanol–water partition coefficient (Wildman–Crippen LogP) is 1.31. The minimum Gasteiger partial charge on any atom is -0.283 e. The molecule has 0 unspecified atom stereocenters. The summed E-state index contributed by atoms with van der Waals surface area (Å²) in [5, 5.41) is 17.6. The Balaban J connectivity index is 3.84. The summed E-state index contributed by atoms with van der Waals surface area (Å²) in [5.74, 6) is 0. The fourth-order valence-electron chi connectivity index (χ4n) is 0.878. The van der Waals surface area contributed by atoms with Crippen LogP contribution in [0.25, 0.3) is 0 Å². The van der Waals surface area contributed by atoms with Crippen molar-refractivity contribution in [2.75, 3.05) is 0 Å². The van der Waals surface area contributed by atoms with Crippen LogP contribution in [0.2, 0.25) is 0 Å². The van der Waals surface area contributed by atoms with Gasteiger partial charge in [-0.05, 0) is 12.8 Å². The second-order valence-electron chi connectivity index (χ2n) is 2.58. The Bertz CT molecular complexity index is 181. The summed E-state index contributed by atoms with van der Waals surface area (Å²) in [6.07, 6.45) is 1.03. The molecule has 0 fully saturated rings. The van der Waals surface area contributed by atoms with E-state index in [0.29, 0.717) is 6.42 Å². The van der Waals surface area contributed by atoms with E-state index < -0.39 is 16.5 Å². The van der Waals surface area contributed by atoms with Gasteiger partial charge in [-0.15, -0.1) is 20.2 Å². The maximum absolute atomic E-state index is 9.90. The first-order valence-corrected chi connectivity index (χ1v) is 4.18. The first kappa shape index (κ1) is 12.4. The maximum Gasteiger partial charge on any atom is 0.296 e. The quantitative estimate of drug-likeness (QED) is 0.257. The molecule has 8 nitrogen and oxygen atoms in total. The number of hydrogen-bond donors (Lipinski definition) is 0. The Morgan fingerprint density at radius 3 is 2.00 bits per heavy atom. The van der Waals surface area contributed by atoms with Crippen LogP contribution in [-0.4, -0.2) is 16.5 Å².